The van der Waals surface area contributed by atoms with Gasteiger partial charge < -0.3 is 54.3 Å². The highest BCUT2D eigenvalue weighted by Gasteiger charge is 2.59. The van der Waals surface area contributed by atoms with Crippen LogP contribution in [0.1, 0.15) is 107 Å². The number of aliphatic imine (C=N–C) groups is 1. The molecule has 68 heavy (non-hydrogen) atoms. The molecule has 3 aliphatic carbocycles. The summed E-state index contributed by atoms with van der Waals surface area (Å²) in [5.41, 5.74) is 4.01. The average Bonchev–Trinajstić information content (AvgIpc) is 4.11. The van der Waals surface area contributed by atoms with Crippen molar-refractivity contribution in [3.8, 4) is 29.3 Å². The highest BCUT2D eigenvalue weighted by Crippen LogP contribution is 2.50. The van der Waals surface area contributed by atoms with Crippen LogP contribution in [0, 0.1) is 18.4 Å². The topological polar surface area (TPSA) is 189 Å². The van der Waals surface area contributed by atoms with Gasteiger partial charge in [0.1, 0.15) is 47.2 Å². The van der Waals surface area contributed by atoms with Crippen molar-refractivity contribution in [2.24, 2.45) is 4.99 Å². The zero-order valence-corrected chi connectivity index (χ0v) is 38.0. The summed E-state index contributed by atoms with van der Waals surface area (Å²) in [6.07, 6.45) is 16.9. The van der Waals surface area contributed by atoms with Crippen LogP contribution in [0.3, 0.4) is 0 Å². The number of rotatable bonds is 7. The van der Waals surface area contributed by atoms with Gasteiger partial charge in [-0.1, -0.05) is 50.2 Å². The van der Waals surface area contributed by atoms with Crippen molar-refractivity contribution in [1.29, 1.82) is 0 Å². The molecule has 1 saturated heterocycles. The van der Waals surface area contributed by atoms with Crippen LogP contribution in [-0.4, -0.2) is 119 Å². The van der Waals surface area contributed by atoms with E-state index in [0.717, 1.165) is 72.1 Å². The van der Waals surface area contributed by atoms with E-state index in [-0.39, 0.29) is 60.4 Å². The molecule has 2 saturated carbocycles. The zero-order chi connectivity index (χ0) is 46.7. The quantitative estimate of drug-likeness (QED) is 0.140. The number of phenolic OH excluding ortho intramolecular Hbond substituents is 1. The third kappa shape index (κ3) is 7.79. The molecular weight excluding hydrogens is 867 g/mol. The Balaban J connectivity index is 1.08. The first-order valence-corrected chi connectivity index (χ1v) is 24.0. The van der Waals surface area contributed by atoms with E-state index in [4.69, 9.17) is 28.7 Å². The average molecular weight is 923 g/mol. The van der Waals surface area contributed by atoms with Gasteiger partial charge in [-0.3, -0.25) is 9.59 Å². The first-order chi connectivity index (χ1) is 33.1. The van der Waals surface area contributed by atoms with E-state index in [1.165, 1.54) is 31.3 Å². The number of carbonyl (C=O) groups is 2. The Morgan fingerprint density at radius 2 is 1.88 bits per heavy atom. The molecule has 6 atom stereocenters. The molecule has 14 nitrogen and oxygen atoms in total. The maximum atomic E-state index is 14.9. The number of phenols is 1. The number of benzene rings is 3. The number of ketones is 1. The number of carbonyl (C=O) groups excluding carboxylic acids is 2. The lowest BCUT2D eigenvalue weighted by Crippen LogP contribution is -2.70. The van der Waals surface area contributed by atoms with Crippen molar-refractivity contribution in [3.63, 3.8) is 0 Å². The third-order valence-electron chi connectivity index (χ3n) is 15.2. The van der Waals surface area contributed by atoms with Crippen molar-refractivity contribution in [1.82, 2.24) is 10.2 Å². The fraction of sp³-hybridized carbons (Fsp3) is 0.444. The molecule has 352 valence electrons. The number of Topliss-reactive ketones (excluding diaryl/α,β-unsaturated/α-hetero) is 1. The Kier molecular flexibility index (Phi) is 11.9. The fourth-order valence-corrected chi connectivity index (χ4v) is 11.4. The molecular formula is C54H56N3O11+. The molecule has 6 unspecified atom stereocenters. The minimum Gasteiger partial charge on any atom is -0.506 e. The van der Waals surface area contributed by atoms with Crippen molar-refractivity contribution in [3.05, 3.63) is 111 Å². The van der Waals surface area contributed by atoms with E-state index in [1.54, 1.807) is 30.5 Å². The molecule has 14 heteroatoms. The number of aliphatic hydroxyl groups is 3. The molecule has 5 N–H and O–H groups in total. The normalized spacial score (nSPS) is 28.1. The minimum atomic E-state index is -2.45. The first kappa shape index (κ1) is 44.6. The van der Waals surface area contributed by atoms with Gasteiger partial charge in [0.05, 0.1) is 55.2 Å². The monoisotopic (exact) mass is 922 g/mol. The number of ether oxygens (including phenoxy) is 5. The van der Waals surface area contributed by atoms with E-state index in [1.807, 2.05) is 24.3 Å². The van der Waals surface area contributed by atoms with E-state index in [9.17, 15) is 30.0 Å². The van der Waals surface area contributed by atoms with Crippen LogP contribution in [0.5, 0.6) is 17.2 Å². The summed E-state index contributed by atoms with van der Waals surface area (Å²) in [5.74, 6) is 2.12. The molecule has 3 aromatic carbocycles. The predicted octanol–water partition coefficient (Wildman–Crippen LogP) is 5.88. The Morgan fingerprint density at radius 1 is 1.06 bits per heavy atom. The Labute approximate surface area is 395 Å². The molecule has 0 aromatic heterocycles. The Morgan fingerprint density at radius 3 is 2.69 bits per heavy atom. The predicted molar refractivity (Wildman–Crippen MR) is 252 cm³/mol. The number of methoxy groups -OCH3 is 1. The van der Waals surface area contributed by atoms with Gasteiger partial charge >= 0.3 is 0 Å². The number of aromatic hydroxyl groups is 1. The second kappa shape index (κ2) is 18.2. The summed E-state index contributed by atoms with van der Waals surface area (Å²) >= 11 is 0. The van der Waals surface area contributed by atoms with Crippen LogP contribution < -0.4 is 14.8 Å². The third-order valence-corrected chi connectivity index (χ3v) is 15.2. The smallest absolute Gasteiger partial charge is 0.254 e. The molecule has 3 aromatic rings. The maximum Gasteiger partial charge on any atom is 0.254 e. The summed E-state index contributed by atoms with van der Waals surface area (Å²) in [5, 5.41) is 52.9. The number of nitrogens with one attached hydrogen (secondary N) is 1. The first-order valence-electron chi connectivity index (χ1n) is 24.0. The van der Waals surface area contributed by atoms with E-state index < -0.39 is 48.7 Å². The minimum absolute atomic E-state index is 0.0328. The number of amides is 1. The molecule has 5 heterocycles. The number of hydrogen-bond acceptors (Lipinski definition) is 13. The highest BCUT2D eigenvalue weighted by molar-refractivity contribution is 6.11. The van der Waals surface area contributed by atoms with E-state index in [2.05, 4.69) is 29.8 Å². The standard InChI is InChI=1S/C54H55N3O11/c1-64-44-23-33-22-37(31-9-5-6-10-31)47-42(59)27-57-26-40-32(11-7-15-35(40)52(57)62)12-8-20-65-51-48(60)45-28-66-43(19-17-36(44)50(46(33)49(47)61)68-53(67-45)54(51,63)29-58)39-25-56-41-18-16-30(21-38(39)41)24-55-34-13-3-2-4-14-34/h7,11,15-19,21-23,25,31,34,43,45,48,51,53,55,58,60,63H,2-6,9-10,12-14,24,26-29H2,1H3/p+1. The Bertz CT molecular complexity index is 2790. The van der Waals surface area contributed by atoms with Gasteiger partial charge in [-0.25, -0.2) is 0 Å². The summed E-state index contributed by atoms with van der Waals surface area (Å²) in [4.78, 5) is 35.1. The van der Waals surface area contributed by atoms with Crippen LogP contribution in [0.15, 0.2) is 76.0 Å². The van der Waals surface area contributed by atoms with Gasteiger partial charge in [0.2, 0.25) is 6.29 Å². The number of fused-ring (bicyclic) bond motifs is 5. The molecule has 5 aliphatic heterocycles. The molecule has 8 bridgehead atoms. The molecule has 0 radical (unpaired) electrons. The van der Waals surface area contributed by atoms with Gasteiger partial charge in [-0.15, -0.1) is 0 Å². The summed E-state index contributed by atoms with van der Waals surface area (Å²) in [6, 6.07) is 9.47. The van der Waals surface area contributed by atoms with Crippen LogP contribution in [0.4, 0.5) is 0 Å². The van der Waals surface area contributed by atoms with Gasteiger partial charge in [-0.05, 0) is 84.0 Å². The van der Waals surface area contributed by atoms with E-state index in [0.29, 0.717) is 40.4 Å². The largest absolute Gasteiger partial charge is 0.506 e. The van der Waals surface area contributed by atoms with Crippen molar-refractivity contribution in [2.45, 2.75) is 119 Å². The molecule has 1 amide bonds. The van der Waals surface area contributed by atoms with Gasteiger partial charge in [0.25, 0.3) is 5.91 Å². The van der Waals surface area contributed by atoms with Crippen LogP contribution in [0.2, 0.25) is 0 Å². The molecule has 3 fully saturated rings. The molecule has 0 spiro atoms. The van der Waals surface area contributed by atoms with Gasteiger partial charge in [0, 0.05) is 55.3 Å². The molecule has 8 aliphatic rings. The number of aliphatic hydroxyl groups excluding tert-OH is 2. The lowest BCUT2D eigenvalue weighted by Gasteiger charge is -2.47. The van der Waals surface area contributed by atoms with E-state index >= 15 is 0 Å². The highest BCUT2D eigenvalue weighted by atomic mass is 16.7. The zero-order valence-electron chi connectivity index (χ0n) is 38.0. The van der Waals surface area contributed by atoms with Gasteiger partial charge in [-0.2, -0.15) is 4.99 Å². The number of hydrogen-bond donors (Lipinski definition) is 5. The lowest BCUT2D eigenvalue weighted by atomic mass is 9.86. The van der Waals surface area contributed by atoms with Crippen LogP contribution in [0.25, 0.3) is 16.8 Å². The number of allylic oxidation sites excluding steroid dienone is 3. The summed E-state index contributed by atoms with van der Waals surface area (Å²) in [7, 11) is 1.51. The lowest BCUT2D eigenvalue weighted by molar-refractivity contribution is -0.327. The summed E-state index contributed by atoms with van der Waals surface area (Å²) in [6.45, 7) is -0.674. The molecule has 11 rings (SSSR count). The SMILES string of the molecule is COc1cc2cc(C3CCCC3)c3c(O)c2c2c1C=CC(C1=C4[CH+]C(CNC5CCCCC5)=CC=C4N=C1)OCC1OC(O2)C(O)(CO)C(OC#CCc2cccc4c2CN(CC3=O)C4=O)C1O. The van der Waals surface area contributed by atoms with Crippen molar-refractivity contribution >= 4 is 34.8 Å². The second-order valence-corrected chi connectivity index (χ2v) is 19.3. The second-order valence-electron chi connectivity index (χ2n) is 19.3. The van der Waals surface area contributed by atoms with Crippen LogP contribution in [-0.2, 0) is 27.2 Å². The van der Waals surface area contributed by atoms with Crippen molar-refractivity contribution < 1.29 is 53.7 Å². The summed E-state index contributed by atoms with van der Waals surface area (Å²) < 4.78 is 32.1. The number of nitrogens with zero attached hydrogens (tertiary/aromatic N) is 2. The van der Waals surface area contributed by atoms with Gasteiger partial charge in [0.15, 0.2) is 23.2 Å². The maximum absolute atomic E-state index is 14.9. The van der Waals surface area contributed by atoms with Crippen molar-refractivity contribution in [2.75, 3.05) is 33.4 Å². The fourth-order valence-electron chi connectivity index (χ4n) is 11.4. The Hall–Kier alpha value is -5.92. The van der Waals surface area contributed by atoms with Crippen LogP contribution >= 0.6 is 0 Å².